The zero-order valence-electron chi connectivity index (χ0n) is 10.0. The van der Waals surface area contributed by atoms with Gasteiger partial charge in [0.2, 0.25) is 0 Å². The number of sulfone groups is 1. The number of nitrogens with one attached hydrogen (secondary N) is 1. The quantitative estimate of drug-likeness (QED) is 0.855. The van der Waals surface area contributed by atoms with E-state index in [4.69, 9.17) is 5.73 Å². The topological polar surface area (TPSA) is 72.2 Å². The molecule has 3 N–H and O–H groups in total. The lowest BCUT2D eigenvalue weighted by molar-refractivity contribution is 0.601. The van der Waals surface area contributed by atoms with E-state index in [9.17, 15) is 12.8 Å². The van der Waals surface area contributed by atoms with Gasteiger partial charge in [-0.15, -0.1) is 0 Å². The van der Waals surface area contributed by atoms with Crippen LogP contribution in [0.15, 0.2) is 18.2 Å². The molecule has 0 spiro atoms. The van der Waals surface area contributed by atoms with Gasteiger partial charge in [0.05, 0.1) is 17.2 Å². The number of rotatable bonds is 4. The van der Waals surface area contributed by atoms with Crippen molar-refractivity contribution in [2.24, 2.45) is 5.73 Å². The van der Waals surface area contributed by atoms with E-state index in [1.54, 1.807) is 6.07 Å². The Morgan fingerprint density at radius 1 is 1.44 bits per heavy atom. The van der Waals surface area contributed by atoms with Crippen molar-refractivity contribution in [2.75, 3.05) is 23.4 Å². The molecule has 2 rings (SSSR count). The minimum absolute atomic E-state index is 0.0803. The average Bonchev–Trinajstić information content (AvgIpc) is 2.63. The van der Waals surface area contributed by atoms with Gasteiger partial charge in [-0.2, -0.15) is 0 Å². The van der Waals surface area contributed by atoms with Crippen molar-refractivity contribution in [3.63, 3.8) is 0 Å². The molecule has 0 amide bonds. The first-order chi connectivity index (χ1) is 8.50. The molecule has 1 aromatic carbocycles. The Morgan fingerprint density at radius 3 is 2.78 bits per heavy atom. The summed E-state index contributed by atoms with van der Waals surface area (Å²) in [5.41, 5.74) is 6.61. The van der Waals surface area contributed by atoms with Gasteiger partial charge in [0.25, 0.3) is 0 Å². The van der Waals surface area contributed by atoms with Crippen LogP contribution in [0.4, 0.5) is 10.1 Å². The highest BCUT2D eigenvalue weighted by Crippen LogP contribution is 2.21. The van der Waals surface area contributed by atoms with Crippen LogP contribution in [-0.4, -0.2) is 32.5 Å². The van der Waals surface area contributed by atoms with Crippen LogP contribution in [0, 0.1) is 5.82 Å². The van der Waals surface area contributed by atoms with Gasteiger partial charge in [-0.3, -0.25) is 0 Å². The zero-order valence-corrected chi connectivity index (χ0v) is 10.8. The summed E-state index contributed by atoms with van der Waals surface area (Å²) in [7, 11) is -2.95. The van der Waals surface area contributed by atoms with Gasteiger partial charge >= 0.3 is 0 Å². The van der Waals surface area contributed by atoms with Crippen LogP contribution in [0.1, 0.15) is 12.0 Å². The van der Waals surface area contributed by atoms with E-state index in [2.05, 4.69) is 5.32 Å². The molecule has 0 radical (unpaired) electrons. The summed E-state index contributed by atoms with van der Waals surface area (Å²) in [5.74, 6) is -0.0978. The SMILES string of the molecule is NCCc1ccc(NC2CCS(=O)(=O)C2)c(F)c1. The third-order valence-electron chi connectivity index (χ3n) is 3.06. The van der Waals surface area contributed by atoms with Gasteiger partial charge in [0.15, 0.2) is 9.84 Å². The smallest absolute Gasteiger partial charge is 0.152 e. The van der Waals surface area contributed by atoms with Crippen molar-refractivity contribution in [3.05, 3.63) is 29.6 Å². The Labute approximate surface area is 106 Å². The second-order valence-electron chi connectivity index (χ2n) is 4.60. The highest BCUT2D eigenvalue weighted by molar-refractivity contribution is 7.91. The summed E-state index contributed by atoms with van der Waals surface area (Å²) < 4.78 is 36.4. The summed E-state index contributed by atoms with van der Waals surface area (Å²) in [6, 6.07) is 4.70. The van der Waals surface area contributed by atoms with E-state index >= 15 is 0 Å². The van der Waals surface area contributed by atoms with Crippen LogP contribution in [0.2, 0.25) is 0 Å². The van der Waals surface area contributed by atoms with Crippen LogP contribution in [0.3, 0.4) is 0 Å². The molecule has 18 heavy (non-hydrogen) atoms. The van der Waals surface area contributed by atoms with E-state index < -0.39 is 9.84 Å². The largest absolute Gasteiger partial charge is 0.379 e. The molecule has 1 heterocycles. The van der Waals surface area contributed by atoms with E-state index in [-0.39, 0.29) is 23.4 Å². The second kappa shape index (κ2) is 5.24. The fraction of sp³-hybridized carbons (Fsp3) is 0.500. The Balaban J connectivity index is 2.06. The Kier molecular flexibility index (Phi) is 3.87. The van der Waals surface area contributed by atoms with Crippen LogP contribution in [0.25, 0.3) is 0 Å². The van der Waals surface area contributed by atoms with E-state index in [1.807, 2.05) is 6.07 Å². The predicted octanol–water partition coefficient (Wildman–Crippen LogP) is 0.926. The molecule has 0 aromatic heterocycles. The number of benzene rings is 1. The van der Waals surface area contributed by atoms with E-state index in [0.29, 0.717) is 25.1 Å². The lowest BCUT2D eigenvalue weighted by atomic mass is 10.1. The maximum Gasteiger partial charge on any atom is 0.152 e. The Morgan fingerprint density at radius 2 is 2.22 bits per heavy atom. The molecule has 1 aliphatic rings. The van der Waals surface area contributed by atoms with Gasteiger partial charge < -0.3 is 11.1 Å². The average molecular weight is 272 g/mol. The minimum atomic E-state index is -2.95. The van der Waals surface area contributed by atoms with Gasteiger partial charge in [-0.1, -0.05) is 6.07 Å². The standard InChI is InChI=1S/C12H17FN2O2S/c13-11-7-9(3-5-14)1-2-12(11)15-10-4-6-18(16,17)8-10/h1-2,7,10,15H,3-6,8,14H2. The number of hydrogen-bond acceptors (Lipinski definition) is 4. The highest BCUT2D eigenvalue weighted by atomic mass is 32.2. The molecule has 0 aliphatic carbocycles. The summed E-state index contributed by atoms with van der Waals surface area (Å²) in [6.07, 6.45) is 1.17. The first-order valence-electron chi connectivity index (χ1n) is 5.95. The molecular formula is C12H17FN2O2S. The number of anilines is 1. The molecule has 0 bridgehead atoms. The molecule has 0 saturated carbocycles. The van der Waals surface area contributed by atoms with Crippen LogP contribution in [-0.2, 0) is 16.3 Å². The van der Waals surface area contributed by atoms with Crippen LogP contribution < -0.4 is 11.1 Å². The first kappa shape index (κ1) is 13.3. The third-order valence-corrected chi connectivity index (χ3v) is 4.83. The van der Waals surface area contributed by atoms with Crippen LogP contribution in [0.5, 0.6) is 0 Å². The van der Waals surface area contributed by atoms with Crippen molar-refractivity contribution in [1.82, 2.24) is 0 Å². The zero-order chi connectivity index (χ0) is 13.2. The van der Waals surface area contributed by atoms with Crippen molar-refractivity contribution in [1.29, 1.82) is 0 Å². The molecule has 1 saturated heterocycles. The van der Waals surface area contributed by atoms with Gasteiger partial charge in [-0.25, -0.2) is 12.8 Å². The first-order valence-corrected chi connectivity index (χ1v) is 7.78. The number of hydrogen-bond donors (Lipinski definition) is 2. The summed E-state index contributed by atoms with van der Waals surface area (Å²) in [6.45, 7) is 0.479. The Bertz CT molecular complexity index is 531. The van der Waals surface area contributed by atoms with Gasteiger partial charge in [0.1, 0.15) is 5.82 Å². The fourth-order valence-electron chi connectivity index (χ4n) is 2.13. The minimum Gasteiger partial charge on any atom is -0.379 e. The van der Waals surface area contributed by atoms with E-state index in [1.165, 1.54) is 6.07 Å². The monoisotopic (exact) mass is 272 g/mol. The molecule has 4 nitrogen and oxygen atoms in total. The van der Waals surface area contributed by atoms with Gasteiger partial charge in [-0.05, 0) is 37.1 Å². The normalized spacial score (nSPS) is 22.0. The third kappa shape index (κ3) is 3.20. The molecule has 1 unspecified atom stereocenters. The summed E-state index contributed by atoms with van der Waals surface area (Å²) >= 11 is 0. The van der Waals surface area contributed by atoms with Crippen molar-refractivity contribution in [3.8, 4) is 0 Å². The van der Waals surface area contributed by atoms with Crippen molar-refractivity contribution >= 4 is 15.5 Å². The number of halogens is 1. The lowest BCUT2D eigenvalue weighted by Crippen LogP contribution is -2.21. The van der Waals surface area contributed by atoms with Gasteiger partial charge in [0, 0.05) is 6.04 Å². The molecule has 1 atom stereocenters. The Hall–Kier alpha value is -1.14. The molecule has 6 heteroatoms. The van der Waals surface area contributed by atoms with Crippen LogP contribution >= 0.6 is 0 Å². The summed E-state index contributed by atoms with van der Waals surface area (Å²) in [4.78, 5) is 0. The maximum atomic E-state index is 13.8. The second-order valence-corrected chi connectivity index (χ2v) is 6.83. The molecule has 1 aromatic rings. The number of nitrogens with two attached hydrogens (primary N) is 1. The predicted molar refractivity (Wildman–Crippen MR) is 69.8 cm³/mol. The highest BCUT2D eigenvalue weighted by Gasteiger charge is 2.28. The van der Waals surface area contributed by atoms with Crippen molar-refractivity contribution in [2.45, 2.75) is 18.9 Å². The molecular weight excluding hydrogens is 255 g/mol. The molecule has 1 aliphatic heterocycles. The lowest BCUT2D eigenvalue weighted by Gasteiger charge is -2.13. The fourth-order valence-corrected chi connectivity index (χ4v) is 3.80. The van der Waals surface area contributed by atoms with E-state index in [0.717, 1.165) is 5.56 Å². The maximum absolute atomic E-state index is 13.8. The van der Waals surface area contributed by atoms with Crippen molar-refractivity contribution < 1.29 is 12.8 Å². The summed E-state index contributed by atoms with van der Waals surface area (Å²) in [5, 5.41) is 2.95. The molecule has 1 fully saturated rings. The molecule has 100 valence electrons.